The molecule has 0 N–H and O–H groups in total. The molecule has 0 spiro atoms. The van der Waals surface area contributed by atoms with E-state index in [1.165, 1.54) is 89.0 Å². The minimum atomic E-state index is 1.03. The first-order chi connectivity index (χ1) is 12.9. The topological polar surface area (TPSA) is 0 Å². The summed E-state index contributed by atoms with van der Waals surface area (Å²) in [7, 11) is 0. The Kier molecular flexibility index (Phi) is 16.3. The number of rotatable bonds is 16. The molecule has 0 aliphatic carbocycles. The van der Waals surface area contributed by atoms with Gasteiger partial charge in [0.05, 0.1) is 0 Å². The number of aryl methyl sites for hydroxylation is 1. The van der Waals surface area contributed by atoms with Crippen LogP contribution in [-0.2, 0) is 6.42 Å². The van der Waals surface area contributed by atoms with Gasteiger partial charge in [0, 0.05) is 12.8 Å². The van der Waals surface area contributed by atoms with Crippen molar-refractivity contribution in [3.8, 4) is 11.8 Å². The van der Waals surface area contributed by atoms with Gasteiger partial charge in [0.25, 0.3) is 0 Å². The minimum absolute atomic E-state index is 1.03. The third kappa shape index (κ3) is 15.1. The van der Waals surface area contributed by atoms with Crippen molar-refractivity contribution >= 4 is 0 Å². The molecule has 1 aromatic rings. The van der Waals surface area contributed by atoms with Crippen molar-refractivity contribution in [1.29, 1.82) is 0 Å². The van der Waals surface area contributed by atoms with Gasteiger partial charge in [-0.2, -0.15) is 0 Å². The fourth-order valence-electron chi connectivity index (χ4n) is 3.36. The molecule has 0 saturated heterocycles. The van der Waals surface area contributed by atoms with Crippen LogP contribution in [0.15, 0.2) is 24.3 Å². The summed E-state index contributed by atoms with van der Waals surface area (Å²) in [5, 5.41) is 0. The summed E-state index contributed by atoms with van der Waals surface area (Å²) in [4.78, 5) is 0. The lowest BCUT2D eigenvalue weighted by Crippen LogP contribution is -1.84. The van der Waals surface area contributed by atoms with Gasteiger partial charge in [-0.05, 0) is 30.9 Å². The third-order valence-corrected chi connectivity index (χ3v) is 5.05. The van der Waals surface area contributed by atoms with Crippen LogP contribution in [0.25, 0.3) is 0 Å². The fraction of sp³-hybridized carbons (Fsp3) is 0.692. The van der Waals surface area contributed by atoms with Crippen LogP contribution in [0.5, 0.6) is 0 Å². The van der Waals surface area contributed by atoms with Crippen LogP contribution < -0.4 is 0 Å². The number of unbranched alkanes of at least 4 members (excludes halogenated alkanes) is 14. The Balaban J connectivity index is 1.76. The largest absolute Gasteiger partial charge is 0.103 e. The molecule has 0 heterocycles. The highest BCUT2D eigenvalue weighted by Crippen LogP contribution is 2.12. The van der Waals surface area contributed by atoms with Crippen molar-refractivity contribution < 1.29 is 0 Å². The van der Waals surface area contributed by atoms with Gasteiger partial charge in [-0.15, -0.1) is 11.8 Å². The number of hydrogen-bond donors (Lipinski definition) is 0. The standard InChI is InChI=1S/C26H41/c1-2-3-4-5-6-7-8-9-10-11-12-13-14-15-16-17-18-20-23-26-24-21-19-22-25-26/h19,21-22,24H,2-15,18,20,23H2,1H3. The molecule has 1 rings (SSSR count). The predicted octanol–water partition coefficient (Wildman–Crippen LogP) is 8.29. The van der Waals surface area contributed by atoms with E-state index in [9.17, 15) is 0 Å². The summed E-state index contributed by atoms with van der Waals surface area (Å²) >= 11 is 0. The Bertz CT molecular complexity index is 448. The maximum atomic E-state index is 3.35. The van der Waals surface area contributed by atoms with E-state index in [2.05, 4.69) is 37.0 Å². The van der Waals surface area contributed by atoms with E-state index in [1.807, 2.05) is 12.1 Å². The van der Waals surface area contributed by atoms with E-state index in [1.54, 1.807) is 0 Å². The molecule has 0 unspecified atom stereocenters. The van der Waals surface area contributed by atoms with Crippen LogP contribution in [0.1, 0.15) is 115 Å². The van der Waals surface area contributed by atoms with Crippen LogP contribution in [0, 0.1) is 17.9 Å². The first-order valence-corrected chi connectivity index (χ1v) is 11.3. The lowest BCUT2D eigenvalue weighted by Gasteiger charge is -2.02. The minimum Gasteiger partial charge on any atom is -0.103 e. The second-order valence-corrected chi connectivity index (χ2v) is 7.59. The quantitative estimate of drug-likeness (QED) is 0.207. The maximum Gasteiger partial charge on any atom is 0.00918 e. The second kappa shape index (κ2) is 18.6. The van der Waals surface area contributed by atoms with E-state index >= 15 is 0 Å². The molecule has 26 heavy (non-hydrogen) atoms. The molecule has 0 aliphatic heterocycles. The molecular weight excluding hydrogens is 312 g/mol. The molecule has 0 nitrogen and oxygen atoms in total. The molecule has 0 bridgehead atoms. The number of hydrogen-bond acceptors (Lipinski definition) is 0. The molecule has 145 valence electrons. The van der Waals surface area contributed by atoms with Gasteiger partial charge in [-0.3, -0.25) is 0 Å². The van der Waals surface area contributed by atoms with Crippen LogP contribution in [0.3, 0.4) is 0 Å². The molecule has 1 aromatic carbocycles. The van der Waals surface area contributed by atoms with Crippen molar-refractivity contribution in [3.05, 3.63) is 35.9 Å². The van der Waals surface area contributed by atoms with Gasteiger partial charge < -0.3 is 0 Å². The van der Waals surface area contributed by atoms with Crippen molar-refractivity contribution in [1.82, 2.24) is 0 Å². The normalized spacial score (nSPS) is 10.5. The van der Waals surface area contributed by atoms with Gasteiger partial charge in [-0.1, -0.05) is 108 Å². The number of benzene rings is 1. The summed E-state index contributed by atoms with van der Waals surface area (Å²) < 4.78 is 0. The van der Waals surface area contributed by atoms with Crippen LogP contribution in [0.2, 0.25) is 0 Å². The highest BCUT2D eigenvalue weighted by Gasteiger charge is 1.93. The molecule has 0 heteroatoms. The van der Waals surface area contributed by atoms with Crippen LogP contribution >= 0.6 is 0 Å². The average Bonchev–Trinajstić information content (AvgIpc) is 2.68. The van der Waals surface area contributed by atoms with Crippen LogP contribution in [0.4, 0.5) is 0 Å². The summed E-state index contributed by atoms with van der Waals surface area (Å²) in [6.07, 6.45) is 22.8. The highest BCUT2D eigenvalue weighted by molar-refractivity contribution is 5.13. The summed E-state index contributed by atoms with van der Waals surface area (Å²) in [5.74, 6) is 6.69. The van der Waals surface area contributed by atoms with E-state index in [4.69, 9.17) is 0 Å². The Hall–Kier alpha value is -1.22. The summed E-state index contributed by atoms with van der Waals surface area (Å²) in [6.45, 7) is 2.29. The third-order valence-electron chi connectivity index (χ3n) is 5.05. The lowest BCUT2D eigenvalue weighted by atomic mass is 10.0. The molecule has 0 saturated carbocycles. The zero-order valence-electron chi connectivity index (χ0n) is 17.3. The van der Waals surface area contributed by atoms with E-state index < -0.39 is 0 Å². The second-order valence-electron chi connectivity index (χ2n) is 7.59. The monoisotopic (exact) mass is 353 g/mol. The zero-order chi connectivity index (χ0) is 18.5. The Morgan fingerprint density at radius 1 is 0.654 bits per heavy atom. The van der Waals surface area contributed by atoms with E-state index in [0.29, 0.717) is 0 Å². The first-order valence-electron chi connectivity index (χ1n) is 11.3. The molecule has 0 atom stereocenters. The molecule has 0 fully saturated rings. The van der Waals surface area contributed by atoms with Crippen molar-refractivity contribution in [3.63, 3.8) is 0 Å². The van der Waals surface area contributed by atoms with E-state index in [-0.39, 0.29) is 0 Å². The Labute approximate surface area is 164 Å². The van der Waals surface area contributed by atoms with E-state index in [0.717, 1.165) is 25.7 Å². The Morgan fingerprint density at radius 2 is 1.19 bits per heavy atom. The van der Waals surface area contributed by atoms with Gasteiger partial charge in [0.1, 0.15) is 0 Å². The van der Waals surface area contributed by atoms with Gasteiger partial charge in [0.2, 0.25) is 0 Å². The van der Waals surface area contributed by atoms with Crippen molar-refractivity contribution in [2.75, 3.05) is 0 Å². The first kappa shape index (κ1) is 22.8. The molecule has 0 aliphatic rings. The molecule has 0 amide bonds. The summed E-state index contributed by atoms with van der Waals surface area (Å²) in [5.41, 5.74) is 1.31. The molecule has 0 aromatic heterocycles. The predicted molar refractivity (Wildman–Crippen MR) is 116 cm³/mol. The zero-order valence-corrected chi connectivity index (χ0v) is 17.3. The average molecular weight is 354 g/mol. The Morgan fingerprint density at radius 3 is 1.73 bits per heavy atom. The smallest absolute Gasteiger partial charge is 0.00918 e. The lowest BCUT2D eigenvalue weighted by molar-refractivity contribution is 0.540. The van der Waals surface area contributed by atoms with Crippen LogP contribution in [-0.4, -0.2) is 0 Å². The highest BCUT2D eigenvalue weighted by atomic mass is 14.0. The fourth-order valence-corrected chi connectivity index (χ4v) is 3.36. The van der Waals surface area contributed by atoms with Crippen molar-refractivity contribution in [2.24, 2.45) is 0 Å². The maximum absolute atomic E-state index is 3.35. The van der Waals surface area contributed by atoms with Gasteiger partial charge in [-0.25, -0.2) is 0 Å². The summed E-state index contributed by atoms with van der Waals surface area (Å²) in [6, 6.07) is 11.5. The van der Waals surface area contributed by atoms with Gasteiger partial charge in [0.15, 0.2) is 0 Å². The van der Waals surface area contributed by atoms with Crippen molar-refractivity contribution in [2.45, 2.75) is 116 Å². The molecular formula is C26H41. The van der Waals surface area contributed by atoms with Gasteiger partial charge >= 0.3 is 0 Å². The SMILES string of the molecule is CCCCCCCCCCCCCCCC#CCCCc1[c]cccc1. The molecule has 1 radical (unpaired) electrons.